The van der Waals surface area contributed by atoms with Crippen LogP contribution in [0.5, 0.6) is 0 Å². The fourth-order valence-corrected chi connectivity index (χ4v) is 6.84. The van der Waals surface area contributed by atoms with E-state index in [0.717, 1.165) is 71.0 Å². The fraction of sp³-hybridized carbons (Fsp3) is 1.00. The molecule has 32 heavy (non-hydrogen) atoms. The molecule has 0 aromatic rings. The van der Waals surface area contributed by atoms with E-state index >= 15 is 0 Å². The first-order valence-electron chi connectivity index (χ1n) is 12.1. The molecule has 10 heteroatoms. The number of ether oxygens (including phenoxy) is 4. The monoisotopic (exact) mass is 496 g/mol. The van der Waals surface area contributed by atoms with E-state index in [1.807, 2.05) is 0 Å². The SMILES string of the molecule is CCCC[Si](C)(OC)OCCCCO[Si](C)(CCCOCC1CO1)OC.COCC1CO1. The molecular formula is C22H48O8Si2. The van der Waals surface area contributed by atoms with Crippen LogP contribution in [0.3, 0.4) is 0 Å². The van der Waals surface area contributed by atoms with Crippen LogP contribution >= 0.6 is 0 Å². The molecule has 2 fully saturated rings. The molecule has 0 bridgehead atoms. The van der Waals surface area contributed by atoms with Gasteiger partial charge >= 0.3 is 17.1 Å². The minimum atomic E-state index is -2.07. The molecule has 0 aromatic heterocycles. The Labute approximate surface area is 198 Å². The van der Waals surface area contributed by atoms with Crippen molar-refractivity contribution in [1.29, 1.82) is 0 Å². The van der Waals surface area contributed by atoms with Crippen LogP contribution in [0, 0.1) is 0 Å². The van der Waals surface area contributed by atoms with Crippen LogP contribution in [0.1, 0.15) is 39.0 Å². The average molecular weight is 497 g/mol. The number of methoxy groups -OCH3 is 1. The normalized spacial score (nSPS) is 23.1. The van der Waals surface area contributed by atoms with Gasteiger partial charge in [-0.05, 0) is 44.4 Å². The average Bonchev–Trinajstić information content (AvgIpc) is 3.71. The Kier molecular flexibility index (Phi) is 16.5. The molecule has 4 atom stereocenters. The zero-order chi connectivity index (χ0) is 23.7. The van der Waals surface area contributed by atoms with Crippen molar-refractivity contribution < 1.29 is 36.7 Å². The number of unbranched alkanes of at least 4 members (excludes halogenated alkanes) is 2. The lowest BCUT2D eigenvalue weighted by molar-refractivity contribution is 0.113. The van der Waals surface area contributed by atoms with Gasteiger partial charge < -0.3 is 36.7 Å². The van der Waals surface area contributed by atoms with Gasteiger partial charge in [0, 0.05) is 41.2 Å². The van der Waals surface area contributed by atoms with Crippen LogP contribution in [0.25, 0.3) is 0 Å². The van der Waals surface area contributed by atoms with Gasteiger partial charge in [-0.15, -0.1) is 0 Å². The topological polar surface area (TPSA) is 80.4 Å². The van der Waals surface area contributed by atoms with Crippen molar-refractivity contribution in [2.24, 2.45) is 0 Å². The van der Waals surface area contributed by atoms with Crippen LogP contribution in [0.15, 0.2) is 0 Å². The minimum Gasteiger partial charge on any atom is -0.398 e. The number of epoxide rings is 2. The van der Waals surface area contributed by atoms with Gasteiger partial charge in [0.25, 0.3) is 0 Å². The molecule has 0 spiro atoms. The first kappa shape index (κ1) is 30.1. The molecule has 0 aromatic carbocycles. The summed E-state index contributed by atoms with van der Waals surface area (Å²) in [4.78, 5) is 0. The van der Waals surface area contributed by atoms with Crippen LogP contribution in [-0.2, 0) is 36.7 Å². The second-order valence-corrected chi connectivity index (χ2v) is 15.7. The zero-order valence-corrected chi connectivity index (χ0v) is 23.3. The molecule has 192 valence electrons. The standard InChI is InChI=1S/C18H40O6Si2.C4H8O2/c1-6-7-14-25(4,19-2)23-12-8-9-13-24-26(5,20-3)15-10-11-21-16-18-17-22-18;1-5-2-4-3-6-4/h18H,6-17H2,1-5H3;4H,2-3H2,1H3. The summed E-state index contributed by atoms with van der Waals surface area (Å²) in [6.45, 7) is 12.0. The Morgan fingerprint density at radius 1 is 0.719 bits per heavy atom. The van der Waals surface area contributed by atoms with Crippen molar-refractivity contribution in [2.45, 2.75) is 76.4 Å². The van der Waals surface area contributed by atoms with E-state index < -0.39 is 17.1 Å². The van der Waals surface area contributed by atoms with E-state index in [9.17, 15) is 0 Å². The molecule has 8 nitrogen and oxygen atoms in total. The lowest BCUT2D eigenvalue weighted by Crippen LogP contribution is -2.38. The molecule has 0 amide bonds. The number of hydrogen-bond acceptors (Lipinski definition) is 8. The molecular weight excluding hydrogens is 448 g/mol. The van der Waals surface area contributed by atoms with Gasteiger partial charge in [0.2, 0.25) is 0 Å². The maximum Gasteiger partial charge on any atom is 0.334 e. The lowest BCUT2D eigenvalue weighted by atomic mass is 10.3. The van der Waals surface area contributed by atoms with Crippen molar-refractivity contribution in [3.05, 3.63) is 0 Å². The van der Waals surface area contributed by atoms with Crippen LogP contribution in [-0.4, -0.2) is 96.9 Å². The van der Waals surface area contributed by atoms with E-state index in [1.54, 1.807) is 21.3 Å². The second kappa shape index (κ2) is 17.5. The molecule has 0 N–H and O–H groups in total. The van der Waals surface area contributed by atoms with E-state index in [2.05, 4.69) is 20.0 Å². The number of hydrogen-bond donors (Lipinski definition) is 0. The van der Waals surface area contributed by atoms with Gasteiger partial charge in [0.15, 0.2) is 0 Å². The second-order valence-electron chi connectivity index (χ2n) is 8.73. The molecule has 4 unspecified atom stereocenters. The highest BCUT2D eigenvalue weighted by Gasteiger charge is 2.31. The highest BCUT2D eigenvalue weighted by Crippen LogP contribution is 2.18. The summed E-state index contributed by atoms with van der Waals surface area (Å²) < 4.78 is 43.8. The summed E-state index contributed by atoms with van der Waals surface area (Å²) in [6.07, 6.45) is 6.08. The quantitative estimate of drug-likeness (QED) is 0.143. The summed E-state index contributed by atoms with van der Waals surface area (Å²) in [5.74, 6) is 0. The van der Waals surface area contributed by atoms with Gasteiger partial charge in [0.05, 0.1) is 26.4 Å². The molecule has 0 aliphatic carbocycles. The number of rotatable bonds is 20. The van der Waals surface area contributed by atoms with Crippen molar-refractivity contribution in [3.8, 4) is 0 Å². The highest BCUT2D eigenvalue weighted by atomic mass is 28.4. The Morgan fingerprint density at radius 2 is 1.22 bits per heavy atom. The smallest absolute Gasteiger partial charge is 0.334 e. The predicted molar refractivity (Wildman–Crippen MR) is 130 cm³/mol. The van der Waals surface area contributed by atoms with E-state index in [4.69, 9.17) is 36.7 Å². The highest BCUT2D eigenvalue weighted by molar-refractivity contribution is 6.66. The Morgan fingerprint density at radius 3 is 1.62 bits per heavy atom. The van der Waals surface area contributed by atoms with Crippen molar-refractivity contribution in [1.82, 2.24) is 0 Å². The minimum absolute atomic E-state index is 0.338. The lowest BCUT2D eigenvalue weighted by Gasteiger charge is -2.26. The van der Waals surface area contributed by atoms with Crippen molar-refractivity contribution in [3.63, 3.8) is 0 Å². The zero-order valence-electron chi connectivity index (χ0n) is 21.3. The third-order valence-corrected chi connectivity index (χ3v) is 11.5. The maximum absolute atomic E-state index is 6.10. The Hall–Kier alpha value is 0.114. The Balaban J connectivity index is 0.000000730. The van der Waals surface area contributed by atoms with Crippen molar-refractivity contribution >= 4 is 17.1 Å². The maximum atomic E-state index is 6.10. The predicted octanol–water partition coefficient (Wildman–Crippen LogP) is 3.87. The van der Waals surface area contributed by atoms with E-state index in [1.165, 1.54) is 12.8 Å². The van der Waals surface area contributed by atoms with Crippen molar-refractivity contribution in [2.75, 3.05) is 67.6 Å². The van der Waals surface area contributed by atoms with Gasteiger partial charge in [-0.25, -0.2) is 0 Å². The van der Waals surface area contributed by atoms with Gasteiger partial charge in [-0.3, -0.25) is 0 Å². The summed E-state index contributed by atoms with van der Waals surface area (Å²) in [6, 6.07) is 2.03. The summed E-state index contributed by atoms with van der Waals surface area (Å²) >= 11 is 0. The van der Waals surface area contributed by atoms with Crippen LogP contribution < -0.4 is 0 Å². The summed E-state index contributed by atoms with van der Waals surface area (Å²) in [7, 11) is 1.19. The molecule has 2 saturated heterocycles. The Bertz CT molecular complexity index is 454. The van der Waals surface area contributed by atoms with Gasteiger partial charge in [0.1, 0.15) is 12.2 Å². The van der Waals surface area contributed by atoms with Crippen LogP contribution in [0.2, 0.25) is 25.2 Å². The first-order chi connectivity index (χ1) is 15.4. The van der Waals surface area contributed by atoms with Crippen LogP contribution in [0.4, 0.5) is 0 Å². The third kappa shape index (κ3) is 15.9. The summed E-state index contributed by atoms with van der Waals surface area (Å²) in [5, 5.41) is 0. The van der Waals surface area contributed by atoms with E-state index in [-0.39, 0.29) is 0 Å². The molecule has 2 aliphatic rings. The third-order valence-electron chi connectivity index (χ3n) is 5.58. The first-order valence-corrected chi connectivity index (χ1v) is 17.1. The molecule has 0 radical (unpaired) electrons. The molecule has 2 aliphatic heterocycles. The fourth-order valence-electron chi connectivity index (χ4n) is 2.97. The summed E-state index contributed by atoms with van der Waals surface area (Å²) in [5.41, 5.74) is 0. The molecule has 2 heterocycles. The largest absolute Gasteiger partial charge is 0.398 e. The van der Waals surface area contributed by atoms with E-state index in [0.29, 0.717) is 18.8 Å². The van der Waals surface area contributed by atoms with Gasteiger partial charge in [-0.1, -0.05) is 19.8 Å². The van der Waals surface area contributed by atoms with Gasteiger partial charge in [-0.2, -0.15) is 0 Å². The molecule has 0 saturated carbocycles. The molecule has 2 rings (SSSR count).